The Kier molecular flexibility index (Phi) is 8.21. The van der Waals surface area contributed by atoms with Crippen molar-refractivity contribution in [1.82, 2.24) is 9.47 Å². The van der Waals surface area contributed by atoms with Crippen molar-refractivity contribution in [3.63, 3.8) is 0 Å². The van der Waals surface area contributed by atoms with Gasteiger partial charge in [0.15, 0.2) is 0 Å². The van der Waals surface area contributed by atoms with Gasteiger partial charge in [-0.2, -0.15) is 0 Å². The van der Waals surface area contributed by atoms with Crippen LogP contribution < -0.4 is 0 Å². The molecule has 1 aromatic heterocycles. The van der Waals surface area contributed by atoms with E-state index in [0.717, 1.165) is 0 Å². The van der Waals surface area contributed by atoms with Gasteiger partial charge >= 0.3 is 18.2 Å². The number of amides is 1. The molecule has 2 saturated heterocycles. The summed E-state index contributed by atoms with van der Waals surface area (Å²) in [5.74, 6) is -0.775. The van der Waals surface area contributed by atoms with Gasteiger partial charge in [0.1, 0.15) is 23.0 Å². The van der Waals surface area contributed by atoms with Gasteiger partial charge in [0.2, 0.25) is 11.9 Å². The number of fused-ring (bicyclic) bond motifs is 1. The first-order valence-corrected chi connectivity index (χ1v) is 14.6. The first kappa shape index (κ1) is 32.8. The van der Waals surface area contributed by atoms with Crippen molar-refractivity contribution < 1.29 is 43.2 Å². The second kappa shape index (κ2) is 10.8. The normalized spacial score (nSPS) is 25.1. The van der Waals surface area contributed by atoms with Crippen LogP contribution in [0.3, 0.4) is 0 Å². The molecule has 1 N–H and O–H groups in total. The number of para-hydroxylation sites is 1. The molecule has 4 atom stereocenters. The maximum absolute atomic E-state index is 13.9. The third-order valence-corrected chi connectivity index (χ3v) is 7.37. The number of ether oxygens (including phenoxy) is 5. The highest BCUT2D eigenvalue weighted by Gasteiger charge is 2.63. The van der Waals surface area contributed by atoms with Crippen molar-refractivity contribution in [2.75, 3.05) is 6.61 Å². The van der Waals surface area contributed by atoms with E-state index in [-0.39, 0.29) is 13.0 Å². The lowest BCUT2D eigenvalue weighted by molar-refractivity contribution is -0.179. The largest absolute Gasteiger partial charge is 0.444 e. The molecule has 1 amide bonds. The zero-order chi connectivity index (χ0) is 32.3. The molecule has 0 saturated carbocycles. The van der Waals surface area contributed by atoms with E-state index >= 15 is 0 Å². The van der Waals surface area contributed by atoms with Crippen molar-refractivity contribution in [3.05, 3.63) is 36.0 Å². The molecule has 3 heterocycles. The Labute approximate surface area is 253 Å². The molecule has 2 aliphatic heterocycles. The molecule has 238 valence electrons. The Hall–Kier alpha value is -3.15. The van der Waals surface area contributed by atoms with E-state index in [1.54, 1.807) is 73.7 Å². The Morgan fingerprint density at radius 1 is 1.00 bits per heavy atom. The standard InChI is InChI=1S/C32H46N2O9/c1-28(2,3)25-40-24(36)32(41-25,23(35)22-18-39-31(10,11)34(22)27(38)43-30(7,8)9)16-19-17-33(26(37)42-29(4,5)6)21-15-13-12-14-20(19)21/h12-15,17,22-23,25,35H,16,18H2,1-11H3/t22-,23?,25?,32?/m1/s1. The van der Waals surface area contributed by atoms with Crippen LogP contribution in [-0.2, 0) is 34.9 Å². The number of aliphatic hydroxyl groups is 1. The van der Waals surface area contributed by atoms with Crippen LogP contribution in [0, 0.1) is 5.41 Å². The summed E-state index contributed by atoms with van der Waals surface area (Å²) in [6, 6.07) is 6.19. The Bertz CT molecular complexity index is 1390. The summed E-state index contributed by atoms with van der Waals surface area (Å²) in [6.45, 7) is 19.4. The minimum Gasteiger partial charge on any atom is -0.444 e. The fourth-order valence-electron chi connectivity index (χ4n) is 5.40. The van der Waals surface area contributed by atoms with E-state index in [2.05, 4.69) is 0 Å². The maximum atomic E-state index is 13.9. The molecule has 0 bridgehead atoms. The zero-order valence-corrected chi connectivity index (χ0v) is 27.1. The minimum absolute atomic E-state index is 0.0777. The molecule has 0 radical (unpaired) electrons. The molecule has 4 rings (SSSR count). The molecule has 2 fully saturated rings. The van der Waals surface area contributed by atoms with Crippen LogP contribution in [0.5, 0.6) is 0 Å². The number of aliphatic hydroxyl groups excluding tert-OH is 1. The van der Waals surface area contributed by atoms with Crippen LogP contribution in [0.2, 0.25) is 0 Å². The van der Waals surface area contributed by atoms with Gasteiger partial charge in [-0.15, -0.1) is 0 Å². The van der Waals surface area contributed by atoms with E-state index in [0.29, 0.717) is 16.5 Å². The van der Waals surface area contributed by atoms with Crippen LogP contribution in [-0.4, -0.2) is 80.3 Å². The number of benzene rings is 1. The van der Waals surface area contributed by atoms with Crippen LogP contribution in [0.1, 0.15) is 81.7 Å². The number of nitrogens with zero attached hydrogens (tertiary/aromatic N) is 2. The molecule has 0 spiro atoms. The van der Waals surface area contributed by atoms with E-state index in [4.69, 9.17) is 23.7 Å². The smallest absolute Gasteiger partial charge is 0.419 e. The molecule has 2 aromatic rings. The van der Waals surface area contributed by atoms with Gasteiger partial charge in [0, 0.05) is 23.4 Å². The van der Waals surface area contributed by atoms with Crippen molar-refractivity contribution in [2.24, 2.45) is 5.41 Å². The number of aromatic nitrogens is 1. The van der Waals surface area contributed by atoms with Gasteiger partial charge in [0.05, 0.1) is 18.2 Å². The SMILES string of the molecule is CC(C)(C)OC(=O)N1[C@@H](C(O)C2(Cc3cn(C(=O)OC(C)(C)C)c4ccccc34)OC(C(C)(C)C)OC2=O)COC1(C)C. The van der Waals surface area contributed by atoms with Gasteiger partial charge in [-0.05, 0) is 67.0 Å². The van der Waals surface area contributed by atoms with Gasteiger partial charge in [0.25, 0.3) is 0 Å². The molecule has 0 aliphatic carbocycles. The first-order valence-electron chi connectivity index (χ1n) is 14.6. The summed E-state index contributed by atoms with van der Waals surface area (Å²) in [6.07, 6.45) is -2.43. The summed E-state index contributed by atoms with van der Waals surface area (Å²) < 4.78 is 30.8. The van der Waals surface area contributed by atoms with Gasteiger partial charge in [-0.1, -0.05) is 39.0 Å². The van der Waals surface area contributed by atoms with E-state index < -0.39 is 64.5 Å². The Balaban J connectivity index is 1.82. The Morgan fingerprint density at radius 2 is 1.58 bits per heavy atom. The third kappa shape index (κ3) is 6.53. The number of esters is 1. The number of rotatable bonds is 4. The van der Waals surface area contributed by atoms with E-state index in [9.17, 15) is 19.5 Å². The molecular weight excluding hydrogens is 556 g/mol. The molecule has 1 aromatic carbocycles. The summed E-state index contributed by atoms with van der Waals surface area (Å²) in [4.78, 5) is 41.9. The van der Waals surface area contributed by atoms with Crippen LogP contribution in [0.25, 0.3) is 10.9 Å². The van der Waals surface area contributed by atoms with E-state index in [1.165, 1.54) is 9.47 Å². The Morgan fingerprint density at radius 3 is 2.14 bits per heavy atom. The average molecular weight is 603 g/mol. The van der Waals surface area contributed by atoms with Crippen molar-refractivity contribution in [1.29, 1.82) is 0 Å². The predicted octanol–water partition coefficient (Wildman–Crippen LogP) is 5.38. The topological polar surface area (TPSA) is 126 Å². The monoisotopic (exact) mass is 602 g/mol. The highest BCUT2D eigenvalue weighted by atomic mass is 16.8. The van der Waals surface area contributed by atoms with E-state index in [1.807, 2.05) is 32.9 Å². The fraction of sp³-hybridized carbons (Fsp3) is 0.656. The second-order valence-corrected chi connectivity index (χ2v) is 14.9. The van der Waals surface area contributed by atoms with Crippen LogP contribution in [0.4, 0.5) is 9.59 Å². The zero-order valence-electron chi connectivity index (χ0n) is 27.1. The maximum Gasteiger partial charge on any atom is 0.419 e. The fourth-order valence-corrected chi connectivity index (χ4v) is 5.40. The molecule has 2 aliphatic rings. The predicted molar refractivity (Wildman–Crippen MR) is 158 cm³/mol. The highest BCUT2D eigenvalue weighted by Crippen LogP contribution is 2.43. The number of carbonyl (C=O) groups is 3. The minimum atomic E-state index is -1.95. The summed E-state index contributed by atoms with van der Waals surface area (Å²) in [5, 5.41) is 12.8. The van der Waals surface area contributed by atoms with Crippen molar-refractivity contribution in [2.45, 2.75) is 124 Å². The summed E-state index contributed by atoms with van der Waals surface area (Å²) in [5.41, 5.74) is -4.16. The molecule has 11 nitrogen and oxygen atoms in total. The van der Waals surface area contributed by atoms with Gasteiger partial charge in [-0.3, -0.25) is 9.47 Å². The molecular formula is C32H46N2O9. The lowest BCUT2D eigenvalue weighted by Crippen LogP contribution is -2.62. The number of hydrogen-bond donors (Lipinski definition) is 1. The highest BCUT2D eigenvalue weighted by molar-refractivity contribution is 5.93. The van der Waals surface area contributed by atoms with Gasteiger partial charge < -0.3 is 28.8 Å². The van der Waals surface area contributed by atoms with Crippen molar-refractivity contribution >= 4 is 29.1 Å². The number of hydrogen-bond acceptors (Lipinski definition) is 9. The number of carbonyl (C=O) groups excluding carboxylic acids is 3. The average Bonchev–Trinajstić information content (AvgIpc) is 3.48. The first-order chi connectivity index (χ1) is 19.6. The quantitative estimate of drug-likeness (QED) is 0.362. The molecule has 11 heteroatoms. The summed E-state index contributed by atoms with van der Waals surface area (Å²) in [7, 11) is 0. The number of cyclic esters (lactones) is 1. The lowest BCUT2D eigenvalue weighted by atomic mass is 9.84. The van der Waals surface area contributed by atoms with Crippen LogP contribution >= 0.6 is 0 Å². The van der Waals surface area contributed by atoms with Gasteiger partial charge in [-0.25, -0.2) is 14.4 Å². The molecule has 3 unspecified atom stereocenters. The van der Waals surface area contributed by atoms with Crippen molar-refractivity contribution in [3.8, 4) is 0 Å². The second-order valence-electron chi connectivity index (χ2n) is 14.9. The lowest BCUT2D eigenvalue weighted by Gasteiger charge is -2.40. The van der Waals surface area contributed by atoms with Crippen LogP contribution in [0.15, 0.2) is 30.5 Å². The third-order valence-electron chi connectivity index (χ3n) is 7.37. The molecule has 43 heavy (non-hydrogen) atoms. The summed E-state index contributed by atoms with van der Waals surface area (Å²) >= 11 is 0.